The third kappa shape index (κ3) is 6.49. The minimum Gasteiger partial charge on any atom is -0.490 e. The third-order valence-corrected chi connectivity index (χ3v) is 6.36. The maximum absolute atomic E-state index is 13.8. The van der Waals surface area contributed by atoms with E-state index < -0.39 is 30.2 Å². The Hall–Kier alpha value is -3.93. The number of rotatable bonds is 9. The Morgan fingerprint density at radius 2 is 1.84 bits per heavy atom. The zero-order valence-corrected chi connectivity index (χ0v) is 22.9. The number of carbonyl (C=O) groups excluding carboxylic acids is 3. The van der Waals surface area contributed by atoms with Crippen LogP contribution in [0.5, 0.6) is 11.5 Å². The average molecular weight is 629 g/mol. The van der Waals surface area contributed by atoms with Crippen molar-refractivity contribution in [2.45, 2.75) is 20.5 Å². The number of benzene rings is 3. The Morgan fingerprint density at radius 3 is 2.55 bits per heavy atom. The first-order valence-corrected chi connectivity index (χ1v) is 12.9. The van der Waals surface area contributed by atoms with E-state index >= 15 is 0 Å². The zero-order valence-electron chi connectivity index (χ0n) is 20.7. The number of anilines is 1. The second-order valence-electron chi connectivity index (χ2n) is 8.44. The summed E-state index contributed by atoms with van der Waals surface area (Å²) >= 11 is 2.13. The fraction of sp³-hybridized carbons (Fsp3) is 0.179. The van der Waals surface area contributed by atoms with Gasteiger partial charge < -0.3 is 20.1 Å². The van der Waals surface area contributed by atoms with Crippen molar-refractivity contribution in [2.24, 2.45) is 0 Å². The molecule has 0 aromatic heterocycles. The number of ether oxygens (including phenoxy) is 2. The molecular weight excluding hydrogens is 604 g/mol. The summed E-state index contributed by atoms with van der Waals surface area (Å²) in [6.45, 7) is 4.06. The van der Waals surface area contributed by atoms with E-state index in [4.69, 9.17) is 9.47 Å². The van der Waals surface area contributed by atoms with Gasteiger partial charge in [0, 0.05) is 0 Å². The Balaban J connectivity index is 1.49. The highest BCUT2D eigenvalue weighted by Gasteiger charge is 2.35. The number of hydrogen-bond donors (Lipinski definition) is 2. The van der Waals surface area contributed by atoms with E-state index in [1.807, 2.05) is 38.1 Å². The molecule has 1 fully saturated rings. The summed E-state index contributed by atoms with van der Waals surface area (Å²) in [6, 6.07) is 16.4. The van der Waals surface area contributed by atoms with Gasteiger partial charge in [0.15, 0.2) is 11.5 Å². The number of para-hydroxylation sites is 1. The van der Waals surface area contributed by atoms with Crippen molar-refractivity contribution in [3.63, 3.8) is 0 Å². The van der Waals surface area contributed by atoms with Crippen LogP contribution in [0.2, 0.25) is 0 Å². The molecule has 1 aliphatic heterocycles. The van der Waals surface area contributed by atoms with Crippen molar-refractivity contribution in [3.05, 3.63) is 92.4 Å². The highest BCUT2D eigenvalue weighted by molar-refractivity contribution is 14.1. The molecule has 4 amide bonds. The second-order valence-corrected chi connectivity index (χ2v) is 9.61. The number of nitrogens with zero attached hydrogens (tertiary/aromatic N) is 1. The first-order chi connectivity index (χ1) is 18.2. The SMILES string of the molecule is CCOc1cc(/C=C2/NC(=O)N(CC(=O)Nc3ccccc3F)C2=O)cc(I)c1OCc1ccc(C)cc1. The average Bonchev–Trinajstić information content (AvgIpc) is 3.13. The smallest absolute Gasteiger partial charge is 0.329 e. The highest BCUT2D eigenvalue weighted by Crippen LogP contribution is 2.35. The van der Waals surface area contributed by atoms with Gasteiger partial charge in [0.05, 0.1) is 15.9 Å². The predicted octanol–water partition coefficient (Wildman–Crippen LogP) is 5.25. The fourth-order valence-electron chi connectivity index (χ4n) is 3.69. The van der Waals surface area contributed by atoms with Crippen LogP contribution in [0.3, 0.4) is 0 Å². The Kier molecular flexibility index (Phi) is 8.62. The molecule has 10 heteroatoms. The Bertz CT molecular complexity index is 1410. The third-order valence-electron chi connectivity index (χ3n) is 5.56. The number of hydrogen-bond acceptors (Lipinski definition) is 5. The van der Waals surface area contributed by atoms with Gasteiger partial charge in [-0.05, 0) is 77.9 Å². The number of imide groups is 1. The van der Waals surface area contributed by atoms with E-state index in [9.17, 15) is 18.8 Å². The largest absolute Gasteiger partial charge is 0.490 e. The van der Waals surface area contributed by atoms with Crippen molar-refractivity contribution in [2.75, 3.05) is 18.5 Å². The molecule has 0 atom stereocenters. The molecule has 8 nitrogen and oxygen atoms in total. The molecule has 1 heterocycles. The Labute approximate surface area is 232 Å². The first kappa shape index (κ1) is 27.1. The molecule has 3 aromatic carbocycles. The van der Waals surface area contributed by atoms with Gasteiger partial charge in [-0.25, -0.2) is 14.1 Å². The molecule has 0 spiro atoms. The van der Waals surface area contributed by atoms with Crippen molar-refractivity contribution in [1.82, 2.24) is 10.2 Å². The Morgan fingerprint density at radius 1 is 1.11 bits per heavy atom. The summed E-state index contributed by atoms with van der Waals surface area (Å²) < 4.78 is 26.4. The van der Waals surface area contributed by atoms with E-state index in [2.05, 4.69) is 33.2 Å². The van der Waals surface area contributed by atoms with Gasteiger partial charge in [-0.3, -0.25) is 9.59 Å². The lowest BCUT2D eigenvalue weighted by Crippen LogP contribution is -2.38. The minimum absolute atomic E-state index is 0.000244. The topological polar surface area (TPSA) is 97.0 Å². The summed E-state index contributed by atoms with van der Waals surface area (Å²) in [7, 11) is 0. The summed E-state index contributed by atoms with van der Waals surface area (Å²) in [5.74, 6) is -0.932. The van der Waals surface area contributed by atoms with Gasteiger partial charge in [-0.15, -0.1) is 0 Å². The lowest BCUT2D eigenvalue weighted by atomic mass is 10.1. The molecule has 0 radical (unpaired) electrons. The number of carbonyl (C=O) groups is 3. The minimum atomic E-state index is -0.747. The van der Waals surface area contributed by atoms with E-state index in [0.717, 1.165) is 19.6 Å². The van der Waals surface area contributed by atoms with Crippen molar-refractivity contribution in [1.29, 1.82) is 0 Å². The molecule has 0 saturated carbocycles. The normalized spacial score (nSPS) is 14.0. The molecule has 0 aliphatic carbocycles. The summed E-state index contributed by atoms with van der Waals surface area (Å²) in [5, 5.41) is 4.86. The molecule has 38 heavy (non-hydrogen) atoms. The monoisotopic (exact) mass is 629 g/mol. The molecule has 1 aliphatic rings. The van der Waals surface area contributed by atoms with Crippen molar-refractivity contribution >= 4 is 52.2 Å². The zero-order chi connectivity index (χ0) is 27.2. The van der Waals surface area contributed by atoms with Crippen LogP contribution >= 0.6 is 22.6 Å². The van der Waals surface area contributed by atoms with Crippen LogP contribution < -0.4 is 20.1 Å². The molecule has 0 bridgehead atoms. The number of urea groups is 1. The second kappa shape index (κ2) is 12.1. The first-order valence-electron chi connectivity index (χ1n) is 11.8. The van der Waals surface area contributed by atoms with Gasteiger partial charge in [0.1, 0.15) is 24.7 Å². The van der Waals surface area contributed by atoms with Crippen LogP contribution in [0, 0.1) is 16.3 Å². The van der Waals surface area contributed by atoms with Crippen molar-refractivity contribution in [3.8, 4) is 11.5 Å². The van der Waals surface area contributed by atoms with E-state index in [-0.39, 0.29) is 11.4 Å². The number of nitrogens with one attached hydrogen (secondary N) is 2. The maximum atomic E-state index is 13.8. The fourth-order valence-corrected chi connectivity index (χ4v) is 4.47. The van der Waals surface area contributed by atoms with E-state index in [1.165, 1.54) is 24.3 Å². The lowest BCUT2D eigenvalue weighted by molar-refractivity contribution is -0.127. The lowest BCUT2D eigenvalue weighted by Gasteiger charge is -2.15. The van der Waals surface area contributed by atoms with Gasteiger partial charge in [-0.2, -0.15) is 0 Å². The summed E-state index contributed by atoms with van der Waals surface area (Å²) in [6.07, 6.45) is 1.50. The standard InChI is InChI=1S/C28H25FIN3O5/c1-3-37-24-14-19(12-21(30)26(24)38-16-18-10-8-17(2)9-11-18)13-23-27(35)33(28(36)32-23)15-25(34)31-22-7-5-4-6-20(22)29/h4-14H,3,15-16H2,1-2H3,(H,31,34)(H,32,36)/b23-13+. The van der Waals surface area contributed by atoms with Crippen LogP contribution in [0.4, 0.5) is 14.9 Å². The van der Waals surface area contributed by atoms with Crippen LogP contribution in [0.1, 0.15) is 23.6 Å². The van der Waals surface area contributed by atoms with Crippen LogP contribution in [-0.2, 0) is 16.2 Å². The number of halogens is 2. The molecule has 0 unspecified atom stereocenters. The predicted molar refractivity (Wildman–Crippen MR) is 149 cm³/mol. The molecule has 2 N–H and O–H groups in total. The number of amides is 4. The quantitative estimate of drug-likeness (QED) is 0.192. The highest BCUT2D eigenvalue weighted by atomic mass is 127. The van der Waals surface area contributed by atoms with Gasteiger partial charge in [0.25, 0.3) is 5.91 Å². The van der Waals surface area contributed by atoms with E-state index in [1.54, 1.807) is 18.2 Å². The maximum Gasteiger partial charge on any atom is 0.329 e. The number of aryl methyl sites for hydroxylation is 1. The van der Waals surface area contributed by atoms with Gasteiger partial charge in [-0.1, -0.05) is 42.0 Å². The van der Waals surface area contributed by atoms with Crippen molar-refractivity contribution < 1.29 is 28.2 Å². The summed E-state index contributed by atoms with van der Waals surface area (Å²) in [5.41, 5.74) is 2.73. The molecule has 4 rings (SSSR count). The van der Waals surface area contributed by atoms with Gasteiger partial charge >= 0.3 is 6.03 Å². The van der Waals surface area contributed by atoms with Crippen LogP contribution in [0.25, 0.3) is 6.08 Å². The molecule has 196 valence electrons. The van der Waals surface area contributed by atoms with Crippen LogP contribution in [0.15, 0.2) is 66.4 Å². The molecule has 1 saturated heterocycles. The summed E-state index contributed by atoms with van der Waals surface area (Å²) in [4.78, 5) is 38.4. The molecule has 3 aromatic rings. The van der Waals surface area contributed by atoms with E-state index in [0.29, 0.717) is 30.3 Å². The molecular formula is C28H25FIN3O5. The van der Waals surface area contributed by atoms with Gasteiger partial charge in [0.2, 0.25) is 5.91 Å². The van der Waals surface area contributed by atoms with Crippen LogP contribution in [-0.4, -0.2) is 35.9 Å².